The van der Waals surface area contributed by atoms with Crippen LogP contribution in [0.1, 0.15) is 31.2 Å². The van der Waals surface area contributed by atoms with Crippen LogP contribution in [0.5, 0.6) is 0 Å². The third-order valence-corrected chi connectivity index (χ3v) is 6.04. The average molecular weight is 445 g/mol. The number of piperazine rings is 1. The Labute approximate surface area is 189 Å². The smallest absolute Gasteiger partial charge is 0.222 e. The van der Waals surface area contributed by atoms with Crippen molar-refractivity contribution in [3.63, 3.8) is 0 Å². The maximum absolute atomic E-state index is 12.5. The molecule has 1 aromatic rings. The van der Waals surface area contributed by atoms with Crippen LogP contribution in [-0.2, 0) is 11.3 Å². The SMILES string of the molecule is CN(CCN1CCN(C(=O)CCC2CCNCC2)CC1)Cc1ccccc1.Cl.Cl. The van der Waals surface area contributed by atoms with Crippen molar-refractivity contribution < 1.29 is 4.79 Å². The van der Waals surface area contributed by atoms with Crippen LogP contribution in [0.15, 0.2) is 30.3 Å². The zero-order valence-corrected chi connectivity index (χ0v) is 19.4. The van der Waals surface area contributed by atoms with Gasteiger partial charge in [-0.2, -0.15) is 0 Å². The van der Waals surface area contributed by atoms with Crippen LogP contribution < -0.4 is 5.32 Å². The summed E-state index contributed by atoms with van der Waals surface area (Å²) in [6.45, 7) is 9.21. The molecule has 5 nitrogen and oxygen atoms in total. The minimum absolute atomic E-state index is 0. The Morgan fingerprint density at radius 1 is 1.07 bits per heavy atom. The molecule has 2 fully saturated rings. The van der Waals surface area contributed by atoms with Gasteiger partial charge in [0.1, 0.15) is 0 Å². The van der Waals surface area contributed by atoms with Crippen molar-refractivity contribution in [2.45, 2.75) is 32.2 Å². The van der Waals surface area contributed by atoms with Gasteiger partial charge in [-0.15, -0.1) is 24.8 Å². The zero-order chi connectivity index (χ0) is 18.9. The molecule has 2 saturated heterocycles. The highest BCUT2D eigenvalue weighted by atomic mass is 35.5. The van der Waals surface area contributed by atoms with Gasteiger partial charge in [-0.1, -0.05) is 30.3 Å². The fourth-order valence-corrected chi connectivity index (χ4v) is 4.16. The van der Waals surface area contributed by atoms with E-state index in [0.29, 0.717) is 5.91 Å². The van der Waals surface area contributed by atoms with Crippen LogP contribution in [-0.4, -0.2) is 80.0 Å². The van der Waals surface area contributed by atoms with Crippen LogP contribution in [0.3, 0.4) is 0 Å². The van der Waals surface area contributed by atoms with Gasteiger partial charge < -0.3 is 15.1 Å². The molecule has 2 aliphatic rings. The second kappa shape index (κ2) is 14.2. The molecule has 166 valence electrons. The van der Waals surface area contributed by atoms with Crippen LogP contribution in [0.2, 0.25) is 0 Å². The Morgan fingerprint density at radius 2 is 1.72 bits per heavy atom. The minimum Gasteiger partial charge on any atom is -0.340 e. The van der Waals surface area contributed by atoms with Crippen LogP contribution in [0.4, 0.5) is 0 Å². The molecule has 1 N–H and O–H groups in total. The maximum atomic E-state index is 12.5. The van der Waals surface area contributed by atoms with E-state index in [1.165, 1.54) is 18.4 Å². The van der Waals surface area contributed by atoms with E-state index in [0.717, 1.165) is 77.7 Å². The van der Waals surface area contributed by atoms with E-state index in [1.54, 1.807) is 0 Å². The Bertz CT molecular complexity index is 561. The summed E-state index contributed by atoms with van der Waals surface area (Å²) in [4.78, 5) is 19.5. The number of piperidine rings is 1. The van der Waals surface area contributed by atoms with Crippen molar-refractivity contribution in [2.24, 2.45) is 5.92 Å². The van der Waals surface area contributed by atoms with Crippen molar-refractivity contribution in [1.82, 2.24) is 20.0 Å². The minimum atomic E-state index is 0. The van der Waals surface area contributed by atoms with Crippen molar-refractivity contribution >= 4 is 30.7 Å². The molecule has 0 unspecified atom stereocenters. The van der Waals surface area contributed by atoms with Gasteiger partial charge in [0.15, 0.2) is 0 Å². The van der Waals surface area contributed by atoms with Gasteiger partial charge in [0.25, 0.3) is 0 Å². The summed E-state index contributed by atoms with van der Waals surface area (Å²) in [5, 5.41) is 3.40. The van der Waals surface area contributed by atoms with Crippen molar-refractivity contribution in [1.29, 1.82) is 0 Å². The summed E-state index contributed by atoms with van der Waals surface area (Å²) < 4.78 is 0. The molecule has 0 atom stereocenters. The molecule has 0 bridgehead atoms. The molecule has 2 aliphatic heterocycles. The summed E-state index contributed by atoms with van der Waals surface area (Å²) in [7, 11) is 2.19. The number of hydrogen-bond acceptors (Lipinski definition) is 4. The lowest BCUT2D eigenvalue weighted by Gasteiger charge is -2.36. The summed E-state index contributed by atoms with van der Waals surface area (Å²) in [6.07, 6.45) is 4.28. The molecule has 3 rings (SSSR count). The Morgan fingerprint density at radius 3 is 2.38 bits per heavy atom. The van der Waals surface area contributed by atoms with Gasteiger partial charge in [-0.25, -0.2) is 0 Å². The molecular formula is C22H38Cl2N4O. The quantitative estimate of drug-likeness (QED) is 0.668. The fraction of sp³-hybridized carbons (Fsp3) is 0.682. The molecule has 29 heavy (non-hydrogen) atoms. The number of carbonyl (C=O) groups is 1. The highest BCUT2D eigenvalue weighted by Gasteiger charge is 2.22. The van der Waals surface area contributed by atoms with E-state index in [-0.39, 0.29) is 24.8 Å². The summed E-state index contributed by atoms with van der Waals surface area (Å²) in [5.74, 6) is 1.12. The molecule has 2 heterocycles. The van der Waals surface area contributed by atoms with E-state index in [1.807, 2.05) is 0 Å². The summed E-state index contributed by atoms with van der Waals surface area (Å²) in [6, 6.07) is 10.6. The second-order valence-corrected chi connectivity index (χ2v) is 8.18. The van der Waals surface area contributed by atoms with E-state index in [2.05, 4.69) is 57.4 Å². The highest BCUT2D eigenvalue weighted by Crippen LogP contribution is 2.18. The summed E-state index contributed by atoms with van der Waals surface area (Å²) >= 11 is 0. The van der Waals surface area contributed by atoms with Crippen LogP contribution >= 0.6 is 24.8 Å². The number of nitrogens with one attached hydrogen (secondary N) is 1. The number of likely N-dealkylation sites (N-methyl/N-ethyl adjacent to an activating group) is 1. The Balaban J connectivity index is 0.00000210. The predicted molar refractivity (Wildman–Crippen MR) is 125 cm³/mol. The number of rotatable bonds is 8. The fourth-order valence-electron chi connectivity index (χ4n) is 4.16. The van der Waals surface area contributed by atoms with Gasteiger partial charge in [-0.05, 0) is 50.9 Å². The van der Waals surface area contributed by atoms with Gasteiger partial charge in [0, 0.05) is 52.2 Å². The predicted octanol–water partition coefficient (Wildman–Crippen LogP) is 2.89. The van der Waals surface area contributed by atoms with Crippen molar-refractivity contribution in [3.8, 4) is 0 Å². The maximum Gasteiger partial charge on any atom is 0.222 e. The average Bonchev–Trinajstić information content (AvgIpc) is 2.72. The first kappa shape index (κ1) is 26.2. The van der Waals surface area contributed by atoms with Gasteiger partial charge in [0.05, 0.1) is 0 Å². The molecule has 0 saturated carbocycles. The normalized spacial score (nSPS) is 18.2. The van der Waals surface area contributed by atoms with Crippen molar-refractivity contribution in [3.05, 3.63) is 35.9 Å². The number of halogens is 2. The molecule has 1 aromatic carbocycles. The Hall–Kier alpha value is -0.850. The van der Waals surface area contributed by atoms with Gasteiger partial charge in [-0.3, -0.25) is 9.69 Å². The lowest BCUT2D eigenvalue weighted by molar-refractivity contribution is -0.133. The van der Waals surface area contributed by atoms with Gasteiger partial charge in [0.2, 0.25) is 5.91 Å². The largest absolute Gasteiger partial charge is 0.340 e. The van der Waals surface area contributed by atoms with Crippen molar-refractivity contribution in [2.75, 3.05) is 59.4 Å². The summed E-state index contributed by atoms with van der Waals surface area (Å²) in [5.41, 5.74) is 1.36. The monoisotopic (exact) mass is 444 g/mol. The van der Waals surface area contributed by atoms with E-state index in [9.17, 15) is 4.79 Å². The molecule has 0 aliphatic carbocycles. The standard InChI is InChI=1S/C22H36N4O.2ClH/c1-24(19-21-5-3-2-4-6-21)13-14-25-15-17-26(18-16-25)22(27)8-7-20-9-11-23-12-10-20;;/h2-6,20,23H,7-19H2,1H3;2*1H. The topological polar surface area (TPSA) is 38.8 Å². The molecule has 0 radical (unpaired) electrons. The number of hydrogen-bond donors (Lipinski definition) is 1. The number of benzene rings is 1. The highest BCUT2D eigenvalue weighted by molar-refractivity contribution is 5.85. The first-order valence-electron chi connectivity index (χ1n) is 10.6. The zero-order valence-electron chi connectivity index (χ0n) is 17.7. The third-order valence-electron chi connectivity index (χ3n) is 6.04. The lowest BCUT2D eigenvalue weighted by atomic mass is 9.93. The number of nitrogens with zero attached hydrogens (tertiary/aromatic N) is 3. The molecular weight excluding hydrogens is 407 g/mol. The molecule has 0 spiro atoms. The first-order chi connectivity index (χ1) is 13.2. The molecule has 7 heteroatoms. The lowest BCUT2D eigenvalue weighted by Crippen LogP contribution is -2.50. The third kappa shape index (κ3) is 9.22. The van der Waals surface area contributed by atoms with E-state index in [4.69, 9.17) is 0 Å². The number of carbonyl (C=O) groups excluding carboxylic acids is 1. The molecule has 0 aromatic heterocycles. The van der Waals surface area contributed by atoms with Crippen LogP contribution in [0.25, 0.3) is 0 Å². The van der Waals surface area contributed by atoms with Crippen LogP contribution in [0, 0.1) is 5.92 Å². The van der Waals surface area contributed by atoms with E-state index < -0.39 is 0 Å². The van der Waals surface area contributed by atoms with Gasteiger partial charge >= 0.3 is 0 Å². The molecule has 1 amide bonds. The van der Waals surface area contributed by atoms with E-state index >= 15 is 0 Å². The first-order valence-corrected chi connectivity index (χ1v) is 10.6. The second-order valence-electron chi connectivity index (χ2n) is 8.18. The number of amides is 1. The Kier molecular flexibility index (Phi) is 12.8.